The van der Waals surface area contributed by atoms with Crippen molar-refractivity contribution in [1.29, 1.82) is 0 Å². The summed E-state index contributed by atoms with van der Waals surface area (Å²) in [5.74, 6) is 1.46. The zero-order valence-corrected chi connectivity index (χ0v) is 16.8. The van der Waals surface area contributed by atoms with Crippen molar-refractivity contribution in [2.24, 2.45) is 11.8 Å². The Morgan fingerprint density at radius 1 is 1.00 bits per heavy atom. The molecular formula is C18H36B2N4O2. The highest BCUT2D eigenvalue weighted by Gasteiger charge is 2.25. The van der Waals surface area contributed by atoms with E-state index in [1.807, 2.05) is 32.4 Å². The van der Waals surface area contributed by atoms with Gasteiger partial charge in [-0.2, -0.15) is 0 Å². The van der Waals surface area contributed by atoms with Gasteiger partial charge in [-0.05, 0) is 77.3 Å². The summed E-state index contributed by atoms with van der Waals surface area (Å²) >= 11 is 0. The lowest BCUT2D eigenvalue weighted by Gasteiger charge is -2.33. The summed E-state index contributed by atoms with van der Waals surface area (Å²) in [6, 6.07) is 0. The smallest absolute Gasteiger partial charge is 0.376 e. The third-order valence-corrected chi connectivity index (χ3v) is 5.76. The van der Waals surface area contributed by atoms with Crippen LogP contribution in [-0.4, -0.2) is 69.5 Å². The number of piperidine rings is 2. The van der Waals surface area contributed by atoms with Gasteiger partial charge in [-0.3, -0.25) is 0 Å². The minimum Gasteiger partial charge on any atom is -0.437 e. The maximum absolute atomic E-state index is 9.53. The second-order valence-corrected chi connectivity index (χ2v) is 7.94. The summed E-state index contributed by atoms with van der Waals surface area (Å²) in [7, 11) is -0.556. The topological polar surface area (TPSA) is 64.8 Å². The molecule has 146 valence electrons. The number of rotatable bonds is 5. The predicted molar refractivity (Wildman–Crippen MR) is 109 cm³/mol. The van der Waals surface area contributed by atoms with E-state index in [0.29, 0.717) is 5.92 Å². The Hall–Kier alpha value is -0.820. The summed E-state index contributed by atoms with van der Waals surface area (Å²) in [5, 5.41) is 18.8. The van der Waals surface area contributed by atoms with Crippen molar-refractivity contribution in [3.8, 4) is 0 Å². The van der Waals surface area contributed by atoms with Gasteiger partial charge in [0.15, 0.2) is 0 Å². The van der Waals surface area contributed by atoms with Crippen LogP contribution in [0, 0.1) is 11.8 Å². The Labute approximate surface area is 159 Å². The monoisotopic (exact) mass is 362 g/mol. The lowest BCUT2D eigenvalue weighted by Crippen LogP contribution is -2.45. The van der Waals surface area contributed by atoms with Crippen LogP contribution in [0.4, 0.5) is 0 Å². The Morgan fingerprint density at radius 2 is 1.58 bits per heavy atom. The van der Waals surface area contributed by atoms with Gasteiger partial charge in [0.1, 0.15) is 0 Å². The van der Waals surface area contributed by atoms with E-state index in [0.717, 1.165) is 38.6 Å². The van der Waals surface area contributed by atoms with E-state index in [4.69, 9.17) is 0 Å². The Morgan fingerprint density at radius 3 is 2.08 bits per heavy atom. The van der Waals surface area contributed by atoms with Crippen LogP contribution in [0.1, 0.15) is 39.0 Å². The number of imidazole rings is 1. The zero-order valence-electron chi connectivity index (χ0n) is 16.8. The number of nitrogens with zero attached hydrogens (tertiary/aromatic N) is 4. The van der Waals surface area contributed by atoms with Crippen molar-refractivity contribution in [2.45, 2.75) is 59.2 Å². The first-order valence-electron chi connectivity index (χ1n) is 10.3. The first-order valence-corrected chi connectivity index (χ1v) is 10.3. The van der Waals surface area contributed by atoms with Gasteiger partial charge in [0.25, 0.3) is 0 Å². The molecule has 8 heteroatoms. The molecule has 0 saturated carbocycles. The third-order valence-electron chi connectivity index (χ3n) is 5.76. The fourth-order valence-corrected chi connectivity index (χ4v) is 4.05. The van der Waals surface area contributed by atoms with Gasteiger partial charge >= 0.3 is 14.1 Å². The molecule has 0 spiro atoms. The molecule has 2 aliphatic rings. The van der Waals surface area contributed by atoms with Gasteiger partial charge in [0, 0.05) is 18.9 Å². The fraction of sp³-hybridized carbons (Fsp3) is 0.833. The highest BCUT2D eigenvalue weighted by atomic mass is 16.2. The number of hydrogen-bond acceptors (Lipinski definition) is 5. The average molecular weight is 362 g/mol. The first-order chi connectivity index (χ1) is 12.5. The van der Waals surface area contributed by atoms with Crippen molar-refractivity contribution in [3.05, 3.63) is 18.7 Å². The van der Waals surface area contributed by atoms with Crippen molar-refractivity contribution in [1.82, 2.24) is 19.2 Å². The van der Waals surface area contributed by atoms with Gasteiger partial charge in [-0.15, -0.1) is 0 Å². The van der Waals surface area contributed by atoms with Crippen LogP contribution in [0.2, 0.25) is 13.6 Å². The normalized spacial score (nSPS) is 24.7. The van der Waals surface area contributed by atoms with Gasteiger partial charge in [0.05, 0.1) is 6.33 Å². The molecule has 2 saturated heterocycles. The molecule has 1 aromatic rings. The molecule has 26 heavy (non-hydrogen) atoms. The Balaban J connectivity index is 0.000000197. The molecule has 2 atom stereocenters. The maximum atomic E-state index is 9.53. The molecule has 0 unspecified atom stereocenters. The molecule has 3 heterocycles. The largest absolute Gasteiger partial charge is 0.437 e. The van der Waals surface area contributed by atoms with Crippen LogP contribution in [-0.2, 0) is 6.54 Å². The molecule has 0 aliphatic carbocycles. The molecule has 1 aromatic heterocycles. The highest BCUT2D eigenvalue weighted by molar-refractivity contribution is 6.45. The number of hydrogen-bond donors (Lipinski definition) is 2. The average Bonchev–Trinajstić information content (AvgIpc) is 3.15. The van der Waals surface area contributed by atoms with Crippen molar-refractivity contribution in [3.63, 3.8) is 0 Å². The summed E-state index contributed by atoms with van der Waals surface area (Å²) in [6.07, 6.45) is 12.0. The molecule has 0 aromatic carbocycles. The zero-order chi connectivity index (χ0) is 18.9. The van der Waals surface area contributed by atoms with E-state index < -0.39 is 0 Å². The second-order valence-electron chi connectivity index (χ2n) is 7.94. The third kappa shape index (κ3) is 7.06. The number of aromatic nitrogens is 2. The van der Waals surface area contributed by atoms with Crippen LogP contribution in [0.25, 0.3) is 0 Å². The van der Waals surface area contributed by atoms with Crippen molar-refractivity contribution >= 4 is 14.1 Å². The Kier molecular flexibility index (Phi) is 9.19. The molecule has 0 radical (unpaired) electrons. The van der Waals surface area contributed by atoms with Gasteiger partial charge in [0.2, 0.25) is 0 Å². The maximum Gasteiger partial charge on any atom is 0.376 e. The van der Waals surface area contributed by atoms with E-state index in [1.54, 1.807) is 0 Å². The van der Waals surface area contributed by atoms with Crippen LogP contribution in [0.15, 0.2) is 18.7 Å². The fourth-order valence-electron chi connectivity index (χ4n) is 4.05. The lowest BCUT2D eigenvalue weighted by molar-refractivity contribution is 0.225. The van der Waals surface area contributed by atoms with Crippen molar-refractivity contribution in [2.75, 3.05) is 26.2 Å². The van der Waals surface area contributed by atoms with Gasteiger partial charge in [-0.1, -0.05) is 13.3 Å². The highest BCUT2D eigenvalue weighted by Crippen LogP contribution is 2.19. The molecule has 2 N–H and O–H groups in total. The van der Waals surface area contributed by atoms with Gasteiger partial charge < -0.3 is 24.2 Å². The van der Waals surface area contributed by atoms with Crippen LogP contribution >= 0.6 is 0 Å². The van der Waals surface area contributed by atoms with Crippen molar-refractivity contribution < 1.29 is 10.0 Å². The van der Waals surface area contributed by atoms with E-state index in [-0.39, 0.29) is 14.1 Å². The van der Waals surface area contributed by atoms with E-state index in [1.165, 1.54) is 32.1 Å². The lowest BCUT2D eigenvalue weighted by atomic mass is 9.80. The van der Waals surface area contributed by atoms with E-state index in [2.05, 4.69) is 26.1 Å². The SMILES string of the molecule is CB(O)N1CCC[C@H](Cn2ccnc2)C1.CC[C@H]1CCCN(B(C)O)C1. The quantitative estimate of drug-likeness (QED) is 0.784. The molecule has 6 nitrogen and oxygen atoms in total. The van der Waals surface area contributed by atoms with Gasteiger partial charge in [-0.25, -0.2) is 4.98 Å². The Bertz CT molecular complexity index is 488. The predicted octanol–water partition coefficient (Wildman–Crippen LogP) is 1.92. The summed E-state index contributed by atoms with van der Waals surface area (Å²) < 4.78 is 2.12. The van der Waals surface area contributed by atoms with E-state index in [9.17, 15) is 10.0 Å². The van der Waals surface area contributed by atoms with Crippen LogP contribution in [0.5, 0.6) is 0 Å². The first kappa shape index (κ1) is 21.5. The minimum atomic E-state index is -0.310. The second kappa shape index (κ2) is 11.1. The molecule has 3 rings (SSSR count). The molecular weight excluding hydrogens is 326 g/mol. The summed E-state index contributed by atoms with van der Waals surface area (Å²) in [4.78, 5) is 8.35. The summed E-state index contributed by atoms with van der Waals surface area (Å²) in [6.45, 7) is 11.1. The molecule has 0 bridgehead atoms. The molecule has 2 aliphatic heterocycles. The standard InChI is InChI=1S/C10H18BN3O.C8H18BNO/c1-11(15)14-5-2-3-10(8-14)7-13-6-4-12-9-13;1-3-8-5-4-6-10(7-8)9(2)11/h4,6,9-10,15H,2-3,5,7-8H2,1H3;8,11H,3-7H2,1-2H3/t10-;8-/m10/s1. The molecule has 0 amide bonds. The van der Waals surface area contributed by atoms with E-state index >= 15 is 0 Å². The summed E-state index contributed by atoms with van der Waals surface area (Å²) in [5.41, 5.74) is 0. The molecule has 2 fully saturated rings. The van der Waals surface area contributed by atoms with Crippen LogP contribution in [0.3, 0.4) is 0 Å². The van der Waals surface area contributed by atoms with Crippen LogP contribution < -0.4 is 0 Å². The minimum absolute atomic E-state index is 0.246.